The van der Waals surface area contributed by atoms with Gasteiger partial charge in [-0.2, -0.15) is 0 Å². The second kappa shape index (κ2) is 7.73. The fourth-order valence-electron chi connectivity index (χ4n) is 1.34. The van der Waals surface area contributed by atoms with Gasteiger partial charge in [0.15, 0.2) is 0 Å². The van der Waals surface area contributed by atoms with E-state index in [1.165, 1.54) is 0 Å². The molecule has 1 aromatic carbocycles. The molecule has 0 spiro atoms. The van der Waals surface area contributed by atoms with Gasteiger partial charge >= 0.3 is 18.9 Å². The Kier molecular flexibility index (Phi) is 7.36. The molecule has 3 nitrogen and oxygen atoms in total. The van der Waals surface area contributed by atoms with Crippen LogP contribution in [0.1, 0.15) is 13.8 Å². The van der Waals surface area contributed by atoms with Crippen LogP contribution in [-0.2, 0) is 4.74 Å². The van der Waals surface area contributed by atoms with Crippen LogP contribution in [0.2, 0.25) is 19.6 Å². The Balaban J connectivity index is 0.00000361. The number of rotatable bonds is 4. The molecule has 1 rings (SSSR count). The van der Waals surface area contributed by atoms with Crippen molar-refractivity contribution in [1.82, 2.24) is 0 Å². The maximum atomic E-state index is 11.7. The third-order valence-electron chi connectivity index (χ3n) is 2.31. The number of carbonyl (C=O) groups is 1. The number of hydrogen-bond acceptors (Lipinski definition) is 2. The first-order chi connectivity index (χ1) is 8.68. The average molecular weight is 283 g/mol. The first-order valence-corrected chi connectivity index (χ1v) is 9.96. The zero-order chi connectivity index (χ0) is 14.5. The molecule has 0 aliphatic carbocycles. The summed E-state index contributed by atoms with van der Waals surface area (Å²) in [5.41, 5.74) is 2.15. The second-order valence-corrected chi connectivity index (χ2v) is 11.2. The van der Waals surface area contributed by atoms with Crippen LogP contribution in [0.3, 0.4) is 0 Å². The van der Waals surface area contributed by atoms with E-state index >= 15 is 0 Å². The molecule has 0 heterocycles. The largest absolute Gasteiger partial charge is 1.00 e. The van der Waals surface area contributed by atoms with Crippen molar-refractivity contribution in [3.8, 4) is 0 Å². The summed E-state index contributed by atoms with van der Waals surface area (Å²) >= 11 is 0. The topological polar surface area (TPSA) is 40.4 Å². The molecule has 0 unspecified atom stereocenters. The molecule has 0 radical (unpaired) electrons. The van der Waals surface area contributed by atoms with Gasteiger partial charge in [-0.05, 0) is 19.9 Å². The SMILES string of the molecule is CC(C)(/C=C\[Si](C)(C)C)OC(=O)[N-]c1ccccc1.[Li+]. The Morgan fingerprint density at radius 3 is 2.25 bits per heavy atom. The van der Waals surface area contributed by atoms with Crippen molar-refractivity contribution in [3.63, 3.8) is 0 Å². The molecule has 1 amide bonds. The Bertz CT molecular complexity index is 453. The van der Waals surface area contributed by atoms with E-state index in [2.05, 4.69) is 30.7 Å². The van der Waals surface area contributed by atoms with E-state index in [4.69, 9.17) is 4.74 Å². The molecule has 0 aromatic heterocycles. The molecular weight excluding hydrogens is 261 g/mol. The van der Waals surface area contributed by atoms with E-state index in [1.54, 1.807) is 12.1 Å². The van der Waals surface area contributed by atoms with E-state index < -0.39 is 19.8 Å². The van der Waals surface area contributed by atoms with Gasteiger partial charge in [0, 0.05) is 0 Å². The van der Waals surface area contributed by atoms with Gasteiger partial charge in [-0.1, -0.05) is 55.7 Å². The van der Waals surface area contributed by atoms with E-state index in [9.17, 15) is 4.79 Å². The van der Waals surface area contributed by atoms with Crippen LogP contribution in [0.15, 0.2) is 42.1 Å². The second-order valence-electron chi connectivity index (χ2n) is 6.12. The van der Waals surface area contributed by atoms with Crippen LogP contribution in [0.25, 0.3) is 5.32 Å². The Hall–Kier alpha value is -0.956. The van der Waals surface area contributed by atoms with Gasteiger partial charge in [0.2, 0.25) is 6.09 Å². The van der Waals surface area contributed by atoms with Crippen LogP contribution >= 0.6 is 0 Å². The standard InChI is InChI=1S/C15H23NO2Si.Li/c1-15(2,11-12-19(3,4)5)18-14(17)16-13-9-7-6-8-10-13;/h6-12H,1-5H3,(H,16,17);/q;+1/p-1/b12-11-;. The van der Waals surface area contributed by atoms with Crippen molar-refractivity contribution >= 4 is 19.9 Å². The van der Waals surface area contributed by atoms with E-state index in [0.29, 0.717) is 5.69 Å². The Morgan fingerprint density at radius 1 is 1.20 bits per heavy atom. The summed E-state index contributed by atoms with van der Waals surface area (Å²) in [6, 6.07) is 9.09. The van der Waals surface area contributed by atoms with Gasteiger partial charge in [0.1, 0.15) is 5.60 Å². The molecule has 104 valence electrons. The average Bonchev–Trinajstić information content (AvgIpc) is 2.26. The maximum Gasteiger partial charge on any atom is 1.00 e. The van der Waals surface area contributed by atoms with Crippen LogP contribution in [0.4, 0.5) is 10.5 Å². The third kappa shape index (κ3) is 8.26. The van der Waals surface area contributed by atoms with Crippen molar-refractivity contribution in [3.05, 3.63) is 47.4 Å². The molecule has 0 aliphatic rings. The summed E-state index contributed by atoms with van der Waals surface area (Å²) in [5.74, 6) is 0. The minimum atomic E-state index is -1.29. The summed E-state index contributed by atoms with van der Waals surface area (Å²) in [7, 11) is -1.29. The third-order valence-corrected chi connectivity index (χ3v) is 3.48. The smallest absolute Gasteiger partial charge is 0.591 e. The molecule has 0 fully saturated rings. The molecule has 5 heteroatoms. The molecule has 20 heavy (non-hydrogen) atoms. The van der Waals surface area contributed by atoms with Gasteiger partial charge in [-0.3, -0.25) is 4.79 Å². The van der Waals surface area contributed by atoms with Crippen LogP contribution < -0.4 is 18.9 Å². The van der Waals surface area contributed by atoms with E-state index in [-0.39, 0.29) is 18.9 Å². The van der Waals surface area contributed by atoms with Crippen molar-refractivity contribution in [1.29, 1.82) is 0 Å². The molecule has 0 saturated carbocycles. The van der Waals surface area contributed by atoms with Crippen molar-refractivity contribution in [2.45, 2.75) is 39.1 Å². The molecule has 0 saturated heterocycles. The number of carbonyl (C=O) groups excluding carboxylic acids is 1. The first-order valence-electron chi connectivity index (χ1n) is 6.38. The molecule has 0 atom stereocenters. The van der Waals surface area contributed by atoms with Crippen LogP contribution in [0.5, 0.6) is 0 Å². The fraction of sp³-hybridized carbons (Fsp3) is 0.400. The molecular formula is C15H22LiNO2Si. The van der Waals surface area contributed by atoms with E-state index in [0.717, 1.165) is 0 Å². The van der Waals surface area contributed by atoms with Crippen LogP contribution in [-0.4, -0.2) is 19.8 Å². The minimum Gasteiger partial charge on any atom is -0.591 e. The zero-order valence-electron chi connectivity index (χ0n) is 13.3. The molecule has 1 aromatic rings. The minimum absolute atomic E-state index is 0. The monoisotopic (exact) mass is 283 g/mol. The predicted octanol–water partition coefficient (Wildman–Crippen LogP) is 2.04. The first kappa shape index (κ1) is 19.0. The van der Waals surface area contributed by atoms with Crippen molar-refractivity contribution < 1.29 is 28.4 Å². The molecule has 0 N–H and O–H groups in total. The Morgan fingerprint density at radius 2 is 1.75 bits per heavy atom. The molecule has 0 bridgehead atoms. The summed E-state index contributed by atoms with van der Waals surface area (Å²) in [6.45, 7) is 10.4. The Labute approximate surface area is 135 Å². The van der Waals surface area contributed by atoms with E-state index in [1.807, 2.05) is 38.1 Å². The van der Waals surface area contributed by atoms with Crippen molar-refractivity contribution in [2.24, 2.45) is 0 Å². The normalized spacial score (nSPS) is 11.8. The predicted molar refractivity (Wildman–Crippen MR) is 82.5 cm³/mol. The fourth-order valence-corrected chi connectivity index (χ4v) is 2.24. The quantitative estimate of drug-likeness (QED) is 0.793. The summed E-state index contributed by atoms with van der Waals surface area (Å²) < 4.78 is 5.37. The number of nitrogens with zero attached hydrogens (tertiary/aromatic N) is 1. The van der Waals surface area contributed by atoms with Gasteiger partial charge in [-0.15, -0.1) is 5.69 Å². The summed E-state index contributed by atoms with van der Waals surface area (Å²) in [4.78, 5) is 11.7. The summed E-state index contributed by atoms with van der Waals surface area (Å²) in [5, 5.41) is 3.90. The zero-order valence-corrected chi connectivity index (χ0v) is 14.3. The van der Waals surface area contributed by atoms with Crippen LogP contribution in [0, 0.1) is 0 Å². The van der Waals surface area contributed by atoms with Crippen molar-refractivity contribution in [2.75, 3.05) is 0 Å². The number of ether oxygens (including phenoxy) is 1. The summed E-state index contributed by atoms with van der Waals surface area (Å²) in [6.07, 6.45) is 1.40. The van der Waals surface area contributed by atoms with Gasteiger partial charge in [-0.25, -0.2) is 0 Å². The van der Waals surface area contributed by atoms with Gasteiger partial charge in [0.25, 0.3) is 0 Å². The van der Waals surface area contributed by atoms with Gasteiger partial charge < -0.3 is 10.1 Å². The number of hydrogen-bond donors (Lipinski definition) is 0. The number of benzene rings is 1. The maximum absolute atomic E-state index is 11.7. The number of amides is 1. The molecule has 0 aliphatic heterocycles. The van der Waals surface area contributed by atoms with Gasteiger partial charge in [0.05, 0.1) is 8.07 Å². The number of para-hydroxylation sites is 1.